The second-order valence-corrected chi connectivity index (χ2v) is 6.30. The maximum atomic E-state index is 12.6. The molecular weight excluding hydrogens is 328 g/mol. The van der Waals surface area contributed by atoms with E-state index < -0.39 is 5.97 Å². The van der Waals surface area contributed by atoms with Crippen LogP contribution in [0.4, 0.5) is 10.8 Å². The zero-order valence-electron chi connectivity index (χ0n) is 13.1. The number of allylic oxidation sites excluding steroid dienone is 1. The summed E-state index contributed by atoms with van der Waals surface area (Å²) in [7, 11) is 1.85. The lowest BCUT2D eigenvalue weighted by atomic mass is 10.1. The Morgan fingerprint density at radius 1 is 1.29 bits per heavy atom. The van der Waals surface area contributed by atoms with Gasteiger partial charge in [-0.15, -0.1) is 10.2 Å². The van der Waals surface area contributed by atoms with Gasteiger partial charge in [-0.2, -0.15) is 0 Å². The number of quaternary nitrogens is 1. The first kappa shape index (κ1) is 16.0. The van der Waals surface area contributed by atoms with Gasteiger partial charge in [-0.25, -0.2) is 9.28 Å². The summed E-state index contributed by atoms with van der Waals surface area (Å²) in [5, 5.41) is 19.9. The van der Waals surface area contributed by atoms with Gasteiger partial charge in [-0.3, -0.25) is 10.1 Å². The van der Waals surface area contributed by atoms with Crippen molar-refractivity contribution in [2.45, 2.75) is 6.92 Å². The first-order valence-corrected chi connectivity index (χ1v) is 7.98. The van der Waals surface area contributed by atoms with E-state index in [2.05, 4.69) is 15.5 Å². The molecule has 0 radical (unpaired) electrons. The first-order valence-electron chi connectivity index (χ1n) is 7.10. The fourth-order valence-electron chi connectivity index (χ4n) is 2.62. The number of rotatable bonds is 4. The molecule has 1 unspecified atom stereocenters. The fourth-order valence-corrected chi connectivity index (χ4v) is 3.06. The number of carbonyl (C=O) groups excluding carboxylic acids is 1. The van der Waals surface area contributed by atoms with Gasteiger partial charge in [0.25, 0.3) is 5.91 Å². The summed E-state index contributed by atoms with van der Waals surface area (Å²) >= 11 is 1.23. The lowest BCUT2D eigenvalue weighted by Gasteiger charge is -2.28. The number of aliphatic carboxylic acids is 1. The van der Waals surface area contributed by atoms with E-state index in [0.717, 1.165) is 5.70 Å². The van der Waals surface area contributed by atoms with Crippen molar-refractivity contribution in [1.29, 1.82) is 0 Å². The number of aromatic nitrogens is 2. The van der Waals surface area contributed by atoms with Crippen LogP contribution < -0.4 is 9.80 Å². The molecule has 122 valence electrons. The number of nitrogens with one attached hydrogen (secondary N) is 1. The zero-order valence-corrected chi connectivity index (χ0v) is 13.9. The topological polar surface area (TPSA) is 92.2 Å². The third-order valence-corrected chi connectivity index (χ3v) is 4.58. The molecule has 0 saturated carbocycles. The molecule has 1 aromatic heterocycles. The fraction of sp³-hybridized carbons (Fsp3) is 0.125. The summed E-state index contributed by atoms with van der Waals surface area (Å²) in [6.45, 7) is 1.84. The molecule has 2 heterocycles. The van der Waals surface area contributed by atoms with E-state index in [-0.39, 0.29) is 16.0 Å². The molecule has 0 spiro atoms. The van der Waals surface area contributed by atoms with E-state index in [1.807, 2.05) is 26.1 Å². The minimum Gasteiger partial charge on any atom is -0.477 e. The number of carbonyl (C=O) groups is 2. The minimum atomic E-state index is -0.994. The van der Waals surface area contributed by atoms with Crippen LogP contribution >= 0.6 is 11.3 Å². The molecule has 24 heavy (non-hydrogen) atoms. The highest BCUT2D eigenvalue weighted by Crippen LogP contribution is 2.36. The molecule has 0 saturated heterocycles. The molecule has 1 aliphatic rings. The van der Waals surface area contributed by atoms with Gasteiger partial charge >= 0.3 is 5.97 Å². The highest BCUT2D eigenvalue weighted by Gasteiger charge is 2.36. The molecule has 1 aromatic carbocycles. The monoisotopic (exact) mass is 343 g/mol. The molecule has 2 aromatic rings. The number of anilines is 1. The van der Waals surface area contributed by atoms with E-state index in [9.17, 15) is 14.7 Å². The SMILES string of the molecule is CC1=CC(C(=O)O)=C[N+]1(C)c1ccccc1C(=O)Nc1nncs1. The van der Waals surface area contributed by atoms with Gasteiger partial charge in [-0.1, -0.05) is 23.5 Å². The van der Waals surface area contributed by atoms with Gasteiger partial charge in [0.15, 0.2) is 5.69 Å². The van der Waals surface area contributed by atoms with Crippen molar-refractivity contribution in [3.63, 3.8) is 0 Å². The molecule has 1 atom stereocenters. The summed E-state index contributed by atoms with van der Waals surface area (Å²) in [6, 6.07) is 7.10. The number of carboxylic acid groups (broad SMARTS) is 1. The van der Waals surface area contributed by atoms with Crippen LogP contribution in [0.25, 0.3) is 0 Å². The Labute approximate surface area is 142 Å². The van der Waals surface area contributed by atoms with Crippen molar-refractivity contribution < 1.29 is 14.7 Å². The highest BCUT2D eigenvalue weighted by atomic mass is 32.1. The summed E-state index contributed by atoms with van der Waals surface area (Å²) in [5.74, 6) is -1.31. The summed E-state index contributed by atoms with van der Waals surface area (Å²) in [6.07, 6.45) is 3.23. The minimum absolute atomic E-state index is 0.126. The van der Waals surface area contributed by atoms with Crippen molar-refractivity contribution in [3.8, 4) is 0 Å². The Hall–Kier alpha value is -2.84. The third kappa shape index (κ3) is 2.72. The normalized spacial score (nSPS) is 19.6. The van der Waals surface area contributed by atoms with E-state index in [1.54, 1.807) is 24.4 Å². The number of carboxylic acids is 1. The lowest BCUT2D eigenvalue weighted by molar-refractivity contribution is -0.132. The standard InChI is InChI=1S/C16H14N4O3S/c1-10-7-11(15(22)23)8-20(10,2)13-6-4-3-5-12(13)14(21)18-16-19-17-9-24-16/h3-9H,1-2H3,(H-,18,19,21,22,23)/p+1. The second kappa shape index (κ2) is 5.99. The van der Waals surface area contributed by atoms with Crippen LogP contribution in [-0.4, -0.2) is 34.2 Å². The molecular formula is C16H15N4O3S+. The maximum absolute atomic E-state index is 12.6. The van der Waals surface area contributed by atoms with E-state index >= 15 is 0 Å². The Morgan fingerprint density at radius 2 is 2.04 bits per heavy atom. The van der Waals surface area contributed by atoms with Gasteiger partial charge in [0.1, 0.15) is 28.5 Å². The number of hydrogen-bond donors (Lipinski definition) is 2. The summed E-state index contributed by atoms with van der Waals surface area (Å²) < 4.78 is 0.126. The van der Waals surface area contributed by atoms with Crippen molar-refractivity contribution >= 4 is 34.0 Å². The van der Waals surface area contributed by atoms with Crippen molar-refractivity contribution in [2.24, 2.45) is 0 Å². The number of benzene rings is 1. The van der Waals surface area contributed by atoms with Gasteiger partial charge in [0, 0.05) is 19.1 Å². The predicted octanol–water partition coefficient (Wildman–Crippen LogP) is 2.61. The van der Waals surface area contributed by atoms with Crippen LogP contribution in [-0.2, 0) is 4.79 Å². The Bertz CT molecular complexity index is 873. The smallest absolute Gasteiger partial charge is 0.341 e. The van der Waals surface area contributed by atoms with Gasteiger partial charge in [-0.05, 0) is 6.07 Å². The number of nitrogens with zero attached hydrogens (tertiary/aromatic N) is 3. The molecule has 0 bridgehead atoms. The molecule has 7 nitrogen and oxygen atoms in total. The molecule has 2 N–H and O–H groups in total. The molecule has 0 aliphatic carbocycles. The van der Waals surface area contributed by atoms with Crippen LogP contribution in [0.5, 0.6) is 0 Å². The number of amides is 1. The Kier molecular flexibility index (Phi) is 4.00. The van der Waals surface area contributed by atoms with Crippen LogP contribution in [0.15, 0.2) is 53.3 Å². The first-order chi connectivity index (χ1) is 11.4. The van der Waals surface area contributed by atoms with E-state index in [1.165, 1.54) is 16.8 Å². The largest absolute Gasteiger partial charge is 0.477 e. The second-order valence-electron chi connectivity index (χ2n) is 5.47. The molecule has 1 aliphatic heterocycles. The van der Waals surface area contributed by atoms with Crippen LogP contribution in [0.1, 0.15) is 17.3 Å². The Balaban J connectivity index is 2.02. The summed E-state index contributed by atoms with van der Waals surface area (Å²) in [5.41, 5.74) is 3.68. The average molecular weight is 343 g/mol. The predicted molar refractivity (Wildman–Crippen MR) is 91.5 cm³/mol. The van der Waals surface area contributed by atoms with Crippen molar-refractivity contribution in [2.75, 3.05) is 12.4 Å². The van der Waals surface area contributed by atoms with Crippen LogP contribution in [0, 0.1) is 0 Å². The molecule has 0 fully saturated rings. The molecule has 3 rings (SSSR count). The summed E-state index contributed by atoms with van der Waals surface area (Å²) in [4.78, 5) is 23.9. The molecule has 1 amide bonds. The van der Waals surface area contributed by atoms with Crippen LogP contribution in [0.2, 0.25) is 0 Å². The maximum Gasteiger partial charge on any atom is 0.341 e. The average Bonchev–Trinajstić information content (AvgIpc) is 3.16. The van der Waals surface area contributed by atoms with Gasteiger partial charge in [0.2, 0.25) is 5.13 Å². The Morgan fingerprint density at radius 3 is 2.67 bits per heavy atom. The zero-order chi connectivity index (χ0) is 17.3. The van der Waals surface area contributed by atoms with E-state index in [4.69, 9.17) is 0 Å². The molecule has 8 heteroatoms. The van der Waals surface area contributed by atoms with Gasteiger partial charge in [0.05, 0.1) is 7.05 Å². The highest BCUT2D eigenvalue weighted by molar-refractivity contribution is 7.13. The van der Waals surface area contributed by atoms with Gasteiger partial charge < -0.3 is 5.11 Å². The number of para-hydroxylation sites is 1. The van der Waals surface area contributed by atoms with Crippen molar-refractivity contribution in [3.05, 3.63) is 58.9 Å². The van der Waals surface area contributed by atoms with Crippen molar-refractivity contribution in [1.82, 2.24) is 14.7 Å². The van der Waals surface area contributed by atoms with E-state index in [0.29, 0.717) is 16.4 Å². The van der Waals surface area contributed by atoms with Crippen LogP contribution in [0.3, 0.4) is 0 Å². The third-order valence-electron chi connectivity index (χ3n) is 3.97. The lowest BCUT2D eigenvalue weighted by Crippen LogP contribution is -2.37. The number of hydrogen-bond acceptors (Lipinski definition) is 5. The quantitative estimate of drug-likeness (QED) is 0.833.